The number of hydrogen-bond donors (Lipinski definition) is 11. The van der Waals surface area contributed by atoms with Gasteiger partial charge in [0, 0.05) is 46.2 Å². The van der Waals surface area contributed by atoms with E-state index in [0.29, 0.717) is 38.9 Å². The van der Waals surface area contributed by atoms with Crippen molar-refractivity contribution in [3.05, 3.63) is 25.3 Å². The molecule has 0 saturated carbocycles. The van der Waals surface area contributed by atoms with Crippen LogP contribution in [0.5, 0.6) is 0 Å². The zero-order valence-electron chi connectivity index (χ0n) is 44.0. The number of piperazine rings is 2. The highest BCUT2D eigenvalue weighted by Gasteiger charge is 2.43. The minimum Gasteiger partial charge on any atom is -0.460 e. The molecule has 2 aliphatic rings. The first-order chi connectivity index (χ1) is 34.3. The average molecular weight is 1040 g/mol. The van der Waals surface area contributed by atoms with Gasteiger partial charge in [-0.05, 0) is 38.3 Å². The van der Waals surface area contributed by atoms with Crippen LogP contribution in [-0.4, -0.2) is 216 Å². The van der Waals surface area contributed by atoms with Crippen LogP contribution in [-0.2, 0) is 52.6 Å². The van der Waals surface area contributed by atoms with Gasteiger partial charge in [-0.1, -0.05) is 79.7 Å². The number of amides is 7. The van der Waals surface area contributed by atoms with Gasteiger partial charge in [-0.2, -0.15) is 0 Å². The molecule has 11 N–H and O–H groups in total. The summed E-state index contributed by atoms with van der Waals surface area (Å²) >= 11 is 0. The predicted molar refractivity (Wildman–Crippen MR) is 271 cm³/mol. The van der Waals surface area contributed by atoms with Gasteiger partial charge >= 0.3 is 26.0 Å². The second kappa shape index (κ2) is 34.1. The Morgan fingerprint density at radius 2 is 1.14 bits per heavy atom. The number of ether oxygens (including phenoxy) is 2. The first-order valence-corrected chi connectivity index (χ1v) is 24.9. The first kappa shape index (κ1) is 65.6. The average Bonchev–Trinajstić information content (AvgIpc) is 3.35. The summed E-state index contributed by atoms with van der Waals surface area (Å²) in [6, 6.07) is -5.48. The lowest BCUT2D eigenvalue weighted by Gasteiger charge is -2.43. The van der Waals surface area contributed by atoms with Crippen molar-refractivity contribution in [2.24, 2.45) is 11.8 Å². The van der Waals surface area contributed by atoms with Gasteiger partial charge in [0.2, 0.25) is 29.5 Å². The molecule has 2 rings (SSSR count). The largest absolute Gasteiger partial charge is 0.460 e. The van der Waals surface area contributed by atoms with Crippen LogP contribution >= 0.6 is 0 Å². The maximum Gasteiger partial charge on any atom is 0.376 e. The van der Waals surface area contributed by atoms with Crippen LogP contribution in [0.1, 0.15) is 74.1 Å². The summed E-state index contributed by atoms with van der Waals surface area (Å²) in [6.07, 6.45) is 1.24. The van der Waals surface area contributed by atoms with Crippen molar-refractivity contribution in [2.75, 3.05) is 65.6 Å². The molecule has 0 aromatic carbocycles. The SMILES string of the molecule is C=CCOC(=O)CNC(=O)C(O)C(CCC)NC(=O)C1CN(B(C)O)CCN1.C=CCOC(=O)CNC(=O)C(O)C(CCC)NC(=O)C1CN(B(C)O)CCN1C(=O)[C@@H](NC(=O)[C@@H](NC(C)=O)C(C)C)C(C)C. The number of carbonyl (C=O) groups is 9. The highest BCUT2D eigenvalue weighted by atomic mass is 16.5. The molecule has 8 atom stereocenters. The van der Waals surface area contributed by atoms with Gasteiger partial charge in [0.1, 0.15) is 44.4 Å². The molecule has 2 heterocycles. The van der Waals surface area contributed by atoms with Crippen LogP contribution in [0.2, 0.25) is 13.6 Å². The topological polar surface area (TPSA) is 347 Å². The molecule has 0 aromatic rings. The Labute approximate surface area is 430 Å². The summed E-state index contributed by atoms with van der Waals surface area (Å²) in [5.74, 6) is -6.19. The highest BCUT2D eigenvalue weighted by Crippen LogP contribution is 2.18. The molecule has 0 bridgehead atoms. The first-order valence-electron chi connectivity index (χ1n) is 24.9. The van der Waals surface area contributed by atoms with E-state index in [1.54, 1.807) is 51.1 Å². The molecule has 0 radical (unpaired) electrons. The minimum absolute atomic E-state index is 0.0314. The monoisotopic (exact) mass is 1040 g/mol. The Bertz CT molecular complexity index is 1850. The van der Waals surface area contributed by atoms with Crippen LogP contribution in [0.15, 0.2) is 25.3 Å². The number of nitrogens with one attached hydrogen (secondary N) is 7. The summed E-state index contributed by atoms with van der Waals surface area (Å²) in [4.78, 5) is 118. The molecule has 7 amide bonds. The predicted octanol–water partition coefficient (Wildman–Crippen LogP) is -3.74. The van der Waals surface area contributed by atoms with Crippen LogP contribution in [0.25, 0.3) is 0 Å². The van der Waals surface area contributed by atoms with Crippen molar-refractivity contribution >= 4 is 67.4 Å². The lowest BCUT2D eigenvalue weighted by atomic mass is 9.83. The van der Waals surface area contributed by atoms with Gasteiger partial charge in [-0.25, -0.2) is 0 Å². The fraction of sp³-hybridized carbons (Fsp3) is 0.717. The van der Waals surface area contributed by atoms with E-state index in [-0.39, 0.29) is 63.6 Å². The van der Waals surface area contributed by atoms with E-state index in [1.807, 2.05) is 6.92 Å². The Balaban J connectivity index is 0.000000814. The van der Waals surface area contributed by atoms with Crippen LogP contribution in [0, 0.1) is 11.8 Å². The second-order valence-corrected chi connectivity index (χ2v) is 18.5. The van der Waals surface area contributed by atoms with Crippen molar-refractivity contribution in [3.8, 4) is 0 Å². The molecular formula is C46H82B2N10O15. The van der Waals surface area contributed by atoms with Gasteiger partial charge in [-0.15, -0.1) is 0 Å². The highest BCUT2D eigenvalue weighted by molar-refractivity contribution is 6.45. The number of nitrogens with zero attached hydrogens (tertiary/aromatic N) is 3. The van der Waals surface area contributed by atoms with Crippen LogP contribution in [0.4, 0.5) is 0 Å². The number of hydrogen-bond acceptors (Lipinski definition) is 18. The maximum atomic E-state index is 14.0. The third-order valence-corrected chi connectivity index (χ3v) is 11.8. The summed E-state index contributed by atoms with van der Waals surface area (Å²) in [6.45, 7) is 22.8. The van der Waals surface area contributed by atoms with Crippen LogP contribution in [0.3, 0.4) is 0 Å². The zero-order chi connectivity index (χ0) is 55.5. The van der Waals surface area contributed by atoms with Gasteiger partial charge in [0.25, 0.3) is 11.8 Å². The Hall–Kier alpha value is -5.44. The zero-order valence-corrected chi connectivity index (χ0v) is 44.0. The summed E-state index contributed by atoms with van der Waals surface area (Å²) in [5.41, 5.74) is 0. The van der Waals surface area contributed by atoms with Gasteiger partial charge in [0.15, 0.2) is 12.2 Å². The maximum absolute atomic E-state index is 14.0. The van der Waals surface area contributed by atoms with Crippen molar-refractivity contribution < 1.29 is 72.9 Å². The van der Waals surface area contributed by atoms with E-state index in [0.717, 1.165) is 0 Å². The summed E-state index contributed by atoms with van der Waals surface area (Å²) < 4.78 is 9.55. The molecule has 2 saturated heterocycles. The minimum atomic E-state index is -1.72. The molecule has 2 fully saturated rings. The van der Waals surface area contributed by atoms with E-state index in [9.17, 15) is 63.4 Å². The second-order valence-electron chi connectivity index (χ2n) is 18.5. The fourth-order valence-electron chi connectivity index (χ4n) is 7.71. The Morgan fingerprint density at radius 3 is 1.56 bits per heavy atom. The molecule has 6 unspecified atom stereocenters. The molecule has 73 heavy (non-hydrogen) atoms. The van der Waals surface area contributed by atoms with Gasteiger partial charge < -0.3 is 81.5 Å². The molecule has 0 aromatic heterocycles. The third kappa shape index (κ3) is 23.1. The van der Waals surface area contributed by atoms with Gasteiger partial charge in [-0.3, -0.25) is 43.2 Å². The van der Waals surface area contributed by atoms with E-state index >= 15 is 0 Å². The molecule has 25 nitrogen and oxygen atoms in total. The standard InChI is InChI=1S/C29H51BN6O9.C17H31BN4O6/c1-9-11-20(25(39)28(42)31-15-22(38)45-14-10-2)33-26(40)21-16-35(30(8)44)12-13-36(21)29(43)24(18(5)6)34-27(41)23(17(3)4)32-19(7)37;1-4-6-12(15(24)17(26)20-10-14(23)28-9-5-2)21-16(25)13-11-22(18(3)27)8-7-19-13/h10,17-18,20-21,23-25,39,44H,2,9,11-16H2,1,3-8H3,(H,31,42)(H,32,37)(H,33,40)(H,34,41);5,12-13,15,19,24,27H,2,4,6-11H2,1,3H3,(H,20,26)(H,21,25)/t20?,21?,23-,24-,25?;/m0./s1. The third-order valence-electron chi connectivity index (χ3n) is 11.8. The summed E-state index contributed by atoms with van der Waals surface area (Å²) in [5, 5.41) is 59.4. The lowest BCUT2D eigenvalue weighted by Crippen LogP contribution is -2.67. The summed E-state index contributed by atoms with van der Waals surface area (Å²) in [7, 11) is -1.59. The number of esters is 2. The molecule has 2 aliphatic heterocycles. The molecule has 27 heteroatoms. The van der Waals surface area contributed by atoms with Crippen molar-refractivity contribution in [2.45, 2.75) is 136 Å². The van der Waals surface area contributed by atoms with Crippen molar-refractivity contribution in [1.29, 1.82) is 0 Å². The quantitative estimate of drug-likeness (QED) is 0.0204. The van der Waals surface area contributed by atoms with E-state index in [4.69, 9.17) is 9.47 Å². The molecule has 0 spiro atoms. The number of aliphatic hydroxyl groups excluding tert-OH is 2. The normalized spacial score (nSPS) is 18.4. The van der Waals surface area contributed by atoms with Gasteiger partial charge in [0.05, 0.1) is 18.1 Å². The fourth-order valence-corrected chi connectivity index (χ4v) is 7.71. The Morgan fingerprint density at radius 1 is 0.671 bits per heavy atom. The van der Waals surface area contributed by atoms with Crippen molar-refractivity contribution in [3.63, 3.8) is 0 Å². The molecule has 0 aliphatic carbocycles. The lowest BCUT2D eigenvalue weighted by molar-refractivity contribution is -0.148. The molecular weight excluding hydrogens is 954 g/mol. The smallest absolute Gasteiger partial charge is 0.376 e. The molecule has 412 valence electrons. The van der Waals surface area contributed by atoms with E-state index in [2.05, 4.69) is 50.4 Å². The van der Waals surface area contributed by atoms with Crippen molar-refractivity contribution in [1.82, 2.24) is 51.7 Å². The van der Waals surface area contributed by atoms with E-state index in [1.165, 1.54) is 30.8 Å². The van der Waals surface area contributed by atoms with E-state index < -0.39 is 116 Å². The number of aliphatic hydroxyl groups is 2. The Kier molecular flexibility index (Phi) is 30.7. The number of carbonyl (C=O) groups excluding carboxylic acids is 9. The number of rotatable bonds is 28. The van der Waals surface area contributed by atoms with Crippen LogP contribution < -0.4 is 37.2 Å².